The van der Waals surface area contributed by atoms with Crippen molar-refractivity contribution in [2.75, 3.05) is 6.61 Å². The molecule has 0 radical (unpaired) electrons. The number of carbonyl (C=O) groups is 1. The highest BCUT2D eigenvalue weighted by atomic mass is 16.4. The molecule has 0 saturated carbocycles. The average Bonchev–Trinajstić information content (AvgIpc) is 2.64. The van der Waals surface area contributed by atoms with Gasteiger partial charge in [-0.05, 0) is 6.42 Å². The van der Waals surface area contributed by atoms with Gasteiger partial charge in [0.25, 0.3) is 0 Å². The molecular weight excluding hydrogens is 324 g/mol. The van der Waals surface area contributed by atoms with Crippen LogP contribution < -0.4 is 0 Å². The van der Waals surface area contributed by atoms with Crippen LogP contribution in [0.25, 0.3) is 0 Å². The van der Waals surface area contributed by atoms with Crippen LogP contribution >= 0.6 is 0 Å². The topological polar surface area (TPSA) is 57.5 Å². The highest BCUT2D eigenvalue weighted by Crippen LogP contribution is 2.14. The molecule has 0 aromatic carbocycles. The fourth-order valence-electron chi connectivity index (χ4n) is 3.01. The Labute approximate surface area is 163 Å². The van der Waals surface area contributed by atoms with E-state index in [4.69, 9.17) is 10.2 Å². The summed E-state index contributed by atoms with van der Waals surface area (Å²) >= 11 is 0. The molecule has 0 aliphatic rings. The zero-order valence-corrected chi connectivity index (χ0v) is 17.5. The van der Waals surface area contributed by atoms with Gasteiger partial charge in [-0.25, -0.2) is 4.79 Å². The van der Waals surface area contributed by atoms with Crippen LogP contribution in [0.3, 0.4) is 0 Å². The maximum Gasteiger partial charge on any atom is 0.327 e. The Bertz CT molecular complexity index is 259. The maximum atomic E-state index is 9.25. The summed E-state index contributed by atoms with van der Waals surface area (Å²) in [4.78, 5) is 9.25. The van der Waals surface area contributed by atoms with E-state index >= 15 is 0 Å². The highest BCUT2D eigenvalue weighted by Gasteiger charge is 1.94. The summed E-state index contributed by atoms with van der Waals surface area (Å²) in [6.45, 7) is 5.62. The molecule has 0 fully saturated rings. The van der Waals surface area contributed by atoms with Crippen LogP contribution in [0.4, 0.5) is 0 Å². The molecule has 0 bridgehead atoms. The van der Waals surface area contributed by atoms with Gasteiger partial charge in [-0.15, -0.1) is 0 Å². The van der Waals surface area contributed by atoms with E-state index in [1.54, 1.807) is 0 Å². The fourth-order valence-corrected chi connectivity index (χ4v) is 3.01. The normalized spacial score (nSPS) is 10.2. The van der Waals surface area contributed by atoms with Gasteiger partial charge in [-0.3, -0.25) is 0 Å². The SMILES string of the molecule is C=CC(=O)O.CCCCCCCCCCCCCCCCCCCCO. The third-order valence-corrected chi connectivity index (χ3v) is 4.69. The Hall–Kier alpha value is -0.830. The third kappa shape index (κ3) is 31.0. The lowest BCUT2D eigenvalue weighted by Crippen LogP contribution is -1.85. The predicted octanol–water partition coefficient (Wildman–Crippen LogP) is 7.28. The molecule has 2 N–H and O–H groups in total. The van der Waals surface area contributed by atoms with Crippen LogP contribution in [0, 0.1) is 0 Å². The minimum absolute atomic E-state index is 0.374. The molecule has 3 nitrogen and oxygen atoms in total. The largest absolute Gasteiger partial charge is 0.478 e. The first kappa shape index (κ1) is 27.4. The van der Waals surface area contributed by atoms with Crippen LogP contribution in [0.1, 0.15) is 122 Å². The van der Waals surface area contributed by atoms with Crippen molar-refractivity contribution >= 4 is 5.97 Å². The number of carboxylic acid groups (broad SMARTS) is 1. The Morgan fingerprint density at radius 2 is 0.885 bits per heavy atom. The van der Waals surface area contributed by atoms with Crippen LogP contribution in [-0.4, -0.2) is 22.8 Å². The van der Waals surface area contributed by atoms with E-state index in [1.807, 2.05) is 0 Å². The zero-order valence-electron chi connectivity index (χ0n) is 17.5. The summed E-state index contributed by atoms with van der Waals surface area (Å²) < 4.78 is 0. The Balaban J connectivity index is 0. The number of hydrogen-bond acceptors (Lipinski definition) is 2. The van der Waals surface area contributed by atoms with Gasteiger partial charge < -0.3 is 10.2 Å². The lowest BCUT2D eigenvalue weighted by Gasteiger charge is -2.03. The van der Waals surface area contributed by atoms with Crippen LogP contribution in [0.2, 0.25) is 0 Å². The van der Waals surface area contributed by atoms with Crippen molar-refractivity contribution in [3.05, 3.63) is 12.7 Å². The van der Waals surface area contributed by atoms with Gasteiger partial charge in [0, 0.05) is 12.7 Å². The molecule has 0 heterocycles. The van der Waals surface area contributed by atoms with E-state index in [9.17, 15) is 4.79 Å². The van der Waals surface area contributed by atoms with E-state index in [0.717, 1.165) is 12.5 Å². The van der Waals surface area contributed by atoms with E-state index in [0.29, 0.717) is 6.61 Å². The molecule has 0 amide bonds. The maximum absolute atomic E-state index is 9.25. The number of aliphatic carboxylic acids is 1. The summed E-state index contributed by atoms with van der Waals surface area (Å²) in [5.41, 5.74) is 0. The smallest absolute Gasteiger partial charge is 0.327 e. The van der Waals surface area contributed by atoms with Crippen molar-refractivity contribution in [1.29, 1.82) is 0 Å². The molecule has 0 atom stereocenters. The number of aliphatic hydroxyl groups excluding tert-OH is 1. The van der Waals surface area contributed by atoms with Gasteiger partial charge in [-0.2, -0.15) is 0 Å². The van der Waals surface area contributed by atoms with Gasteiger partial charge >= 0.3 is 5.97 Å². The number of carboxylic acids is 1. The summed E-state index contributed by atoms with van der Waals surface area (Å²) in [5.74, 6) is -0.981. The van der Waals surface area contributed by atoms with Gasteiger partial charge in [0.05, 0.1) is 0 Å². The molecule has 0 aliphatic carbocycles. The van der Waals surface area contributed by atoms with E-state index < -0.39 is 5.97 Å². The van der Waals surface area contributed by atoms with Gasteiger partial charge in [0.2, 0.25) is 0 Å². The fraction of sp³-hybridized carbons (Fsp3) is 0.870. The van der Waals surface area contributed by atoms with Gasteiger partial charge in [-0.1, -0.05) is 123 Å². The Morgan fingerprint density at radius 1 is 0.654 bits per heavy atom. The molecule has 3 heteroatoms. The predicted molar refractivity (Wildman–Crippen MR) is 114 cm³/mol. The van der Waals surface area contributed by atoms with Crippen LogP contribution in [-0.2, 0) is 4.79 Å². The third-order valence-electron chi connectivity index (χ3n) is 4.69. The lowest BCUT2D eigenvalue weighted by atomic mass is 10.0. The zero-order chi connectivity index (χ0) is 19.7. The minimum Gasteiger partial charge on any atom is -0.478 e. The summed E-state index contributed by atoms with van der Waals surface area (Å²) in [6.07, 6.45) is 26.0. The monoisotopic (exact) mass is 370 g/mol. The van der Waals surface area contributed by atoms with Crippen molar-refractivity contribution in [2.24, 2.45) is 0 Å². The summed E-state index contributed by atoms with van der Waals surface area (Å²) in [5, 5.41) is 16.3. The molecule has 26 heavy (non-hydrogen) atoms. The van der Waals surface area contributed by atoms with Gasteiger partial charge in [0.1, 0.15) is 0 Å². The second-order valence-electron chi connectivity index (χ2n) is 7.28. The number of hydrogen-bond donors (Lipinski definition) is 2. The molecule has 0 saturated heterocycles. The quantitative estimate of drug-likeness (QED) is 0.185. The molecule has 156 valence electrons. The highest BCUT2D eigenvalue weighted by molar-refractivity contribution is 5.78. The average molecular weight is 371 g/mol. The number of unbranched alkanes of at least 4 members (excludes halogenated alkanes) is 17. The molecule has 0 aliphatic heterocycles. The molecule has 0 spiro atoms. The summed E-state index contributed by atoms with van der Waals surface area (Å²) in [7, 11) is 0. The molecule has 0 aromatic heterocycles. The standard InChI is InChI=1S/C20H42O.C3H4O2/c1-2-3-4-5-6-7-8-9-10-11-12-13-14-15-16-17-18-19-20-21;1-2-3(4)5/h21H,2-20H2,1H3;2H,1H2,(H,4,5). The van der Waals surface area contributed by atoms with E-state index in [2.05, 4.69) is 13.5 Å². The first-order chi connectivity index (χ1) is 12.7. The Kier molecular flexibility index (Phi) is 27.8. The first-order valence-electron chi connectivity index (χ1n) is 11.1. The van der Waals surface area contributed by atoms with Crippen LogP contribution in [0.5, 0.6) is 0 Å². The Morgan fingerprint density at radius 3 is 1.08 bits per heavy atom. The van der Waals surface area contributed by atoms with Gasteiger partial charge in [0.15, 0.2) is 0 Å². The number of aliphatic hydroxyl groups is 1. The lowest BCUT2D eigenvalue weighted by molar-refractivity contribution is -0.131. The first-order valence-corrected chi connectivity index (χ1v) is 11.1. The van der Waals surface area contributed by atoms with Crippen molar-refractivity contribution in [2.45, 2.75) is 122 Å². The van der Waals surface area contributed by atoms with Crippen molar-refractivity contribution < 1.29 is 15.0 Å². The van der Waals surface area contributed by atoms with Crippen molar-refractivity contribution in [3.63, 3.8) is 0 Å². The molecule has 0 aromatic rings. The second-order valence-corrected chi connectivity index (χ2v) is 7.28. The van der Waals surface area contributed by atoms with E-state index in [1.165, 1.54) is 109 Å². The second kappa shape index (κ2) is 26.4. The summed E-state index contributed by atoms with van der Waals surface area (Å²) in [6, 6.07) is 0. The van der Waals surface area contributed by atoms with E-state index in [-0.39, 0.29) is 0 Å². The molecular formula is C23H46O3. The van der Waals surface area contributed by atoms with Crippen molar-refractivity contribution in [1.82, 2.24) is 0 Å². The minimum atomic E-state index is -0.981. The molecule has 0 rings (SSSR count). The van der Waals surface area contributed by atoms with Crippen LogP contribution in [0.15, 0.2) is 12.7 Å². The van der Waals surface area contributed by atoms with Crippen molar-refractivity contribution in [3.8, 4) is 0 Å². The number of rotatable bonds is 19. The molecule has 0 unspecified atom stereocenters.